The molecule has 1 fully saturated rings. The number of carbonyl (C=O) groups excluding carboxylic acids is 3. The maximum Gasteiger partial charge on any atom is 0.229 e. The zero-order chi connectivity index (χ0) is 20.2. The molecule has 2 rings (SSSR count). The molecular weight excluding hydrogens is 356 g/mol. The summed E-state index contributed by atoms with van der Waals surface area (Å²) in [5.41, 5.74) is 0.765. The molecule has 6 nitrogen and oxygen atoms in total. The maximum absolute atomic E-state index is 12.0. The number of amides is 3. The number of unbranched alkanes of at least 4 members (excludes halogenated alkanes) is 7. The Bertz CT molecular complexity index is 644. The molecule has 3 amide bonds. The second-order valence-corrected chi connectivity index (χ2v) is 7.30. The minimum atomic E-state index is -0.0135. The Balaban J connectivity index is 1.42. The first-order chi connectivity index (χ1) is 13.6. The van der Waals surface area contributed by atoms with Crippen LogP contribution >= 0.6 is 0 Å². The van der Waals surface area contributed by atoms with Crippen LogP contribution in [0.4, 0.5) is 5.69 Å². The lowest BCUT2D eigenvalue weighted by atomic mass is 10.1. The number of imide groups is 1. The second kappa shape index (κ2) is 12.2. The zero-order valence-corrected chi connectivity index (χ0v) is 16.9. The average Bonchev–Trinajstić information content (AvgIpc) is 3.01. The fourth-order valence-corrected chi connectivity index (χ4v) is 3.41. The fraction of sp³-hybridized carbons (Fsp3) is 0.591. The number of hydrogen-bond acceptors (Lipinski definition) is 4. The van der Waals surface area contributed by atoms with E-state index in [-0.39, 0.29) is 17.7 Å². The van der Waals surface area contributed by atoms with E-state index in [1.807, 2.05) is 24.3 Å². The highest BCUT2D eigenvalue weighted by Gasteiger charge is 2.27. The van der Waals surface area contributed by atoms with Gasteiger partial charge in [-0.25, -0.2) is 0 Å². The predicted molar refractivity (Wildman–Crippen MR) is 109 cm³/mol. The fourth-order valence-electron chi connectivity index (χ4n) is 3.41. The summed E-state index contributed by atoms with van der Waals surface area (Å²) in [6, 6.07) is 7.37. The van der Waals surface area contributed by atoms with Gasteiger partial charge in [-0.1, -0.05) is 44.6 Å². The molecular formula is C22H32N2O4. The number of nitrogens with one attached hydrogen (secondary N) is 1. The van der Waals surface area contributed by atoms with Gasteiger partial charge in [0.2, 0.25) is 17.7 Å². The van der Waals surface area contributed by atoms with E-state index in [9.17, 15) is 14.4 Å². The lowest BCUT2D eigenvalue weighted by Gasteiger charge is -2.13. The summed E-state index contributed by atoms with van der Waals surface area (Å²) >= 11 is 0. The van der Waals surface area contributed by atoms with Crippen molar-refractivity contribution in [2.75, 3.05) is 19.0 Å². The molecule has 0 atom stereocenters. The Morgan fingerprint density at radius 3 is 2.21 bits per heavy atom. The molecule has 1 saturated heterocycles. The van der Waals surface area contributed by atoms with Gasteiger partial charge in [-0.3, -0.25) is 19.3 Å². The number of carbonyl (C=O) groups is 3. The van der Waals surface area contributed by atoms with E-state index in [1.165, 1.54) is 11.3 Å². The highest BCUT2D eigenvalue weighted by Crippen LogP contribution is 2.18. The third-order valence-corrected chi connectivity index (χ3v) is 5.04. The van der Waals surface area contributed by atoms with Crippen LogP contribution in [0.3, 0.4) is 0 Å². The van der Waals surface area contributed by atoms with Crippen molar-refractivity contribution in [3.8, 4) is 5.75 Å². The Labute approximate surface area is 167 Å². The lowest BCUT2D eigenvalue weighted by molar-refractivity contribution is -0.138. The van der Waals surface area contributed by atoms with Crippen LogP contribution in [0.1, 0.15) is 70.6 Å². The highest BCUT2D eigenvalue weighted by atomic mass is 16.5. The molecule has 1 aromatic rings. The average molecular weight is 389 g/mol. The van der Waals surface area contributed by atoms with Gasteiger partial charge < -0.3 is 10.1 Å². The van der Waals surface area contributed by atoms with Crippen molar-refractivity contribution in [3.63, 3.8) is 0 Å². The minimum absolute atomic E-state index is 0.0135. The summed E-state index contributed by atoms with van der Waals surface area (Å²) in [4.78, 5) is 36.4. The van der Waals surface area contributed by atoms with Crippen LogP contribution in [-0.4, -0.2) is 36.3 Å². The van der Waals surface area contributed by atoms with E-state index in [0.717, 1.165) is 56.4 Å². The molecule has 1 heterocycles. The number of benzene rings is 1. The molecule has 0 aliphatic carbocycles. The molecule has 1 aliphatic rings. The first-order valence-corrected chi connectivity index (χ1v) is 10.4. The maximum atomic E-state index is 12.0. The molecule has 0 unspecified atom stereocenters. The number of hydrogen-bond donors (Lipinski definition) is 1. The van der Waals surface area contributed by atoms with Gasteiger partial charge in [0.05, 0.1) is 7.11 Å². The number of rotatable bonds is 13. The van der Waals surface area contributed by atoms with Crippen LogP contribution in [0, 0.1) is 0 Å². The number of nitrogens with zero attached hydrogens (tertiary/aromatic N) is 1. The van der Waals surface area contributed by atoms with Gasteiger partial charge in [0.1, 0.15) is 5.75 Å². The van der Waals surface area contributed by atoms with Crippen molar-refractivity contribution in [1.29, 1.82) is 0 Å². The Kier molecular flexibility index (Phi) is 9.52. The van der Waals surface area contributed by atoms with E-state index in [2.05, 4.69) is 5.32 Å². The molecule has 0 saturated carbocycles. The number of likely N-dealkylation sites (tertiary alicyclic amines) is 1. The van der Waals surface area contributed by atoms with Crippen LogP contribution in [0.5, 0.6) is 5.75 Å². The predicted octanol–water partition coefficient (Wildman–Crippen LogP) is 4.29. The van der Waals surface area contributed by atoms with Crippen LogP contribution in [-0.2, 0) is 14.4 Å². The van der Waals surface area contributed by atoms with Crippen molar-refractivity contribution < 1.29 is 19.1 Å². The third-order valence-electron chi connectivity index (χ3n) is 5.04. The number of anilines is 1. The van der Waals surface area contributed by atoms with E-state index in [4.69, 9.17) is 4.74 Å². The van der Waals surface area contributed by atoms with Crippen LogP contribution in [0.15, 0.2) is 24.3 Å². The monoisotopic (exact) mass is 388 g/mol. The molecule has 1 aliphatic heterocycles. The van der Waals surface area contributed by atoms with E-state index in [1.54, 1.807) is 7.11 Å². The van der Waals surface area contributed by atoms with Gasteiger partial charge in [-0.2, -0.15) is 0 Å². The number of ether oxygens (including phenoxy) is 1. The summed E-state index contributed by atoms with van der Waals surface area (Å²) < 4.78 is 5.15. The summed E-state index contributed by atoms with van der Waals surface area (Å²) in [5, 5.41) is 2.90. The smallest absolute Gasteiger partial charge is 0.229 e. The third kappa shape index (κ3) is 7.71. The molecule has 1 aromatic carbocycles. The molecule has 0 spiro atoms. The Morgan fingerprint density at radius 2 is 1.57 bits per heavy atom. The Hall–Kier alpha value is -2.37. The molecule has 154 valence electrons. The topological polar surface area (TPSA) is 75.7 Å². The molecule has 0 aromatic heterocycles. The summed E-state index contributed by atoms with van der Waals surface area (Å²) in [6.07, 6.45) is 9.82. The van der Waals surface area contributed by atoms with Crippen molar-refractivity contribution in [1.82, 2.24) is 4.90 Å². The SMILES string of the molecule is COc1cccc(NC(=O)CCCCCCCCCCN2C(=O)CCC2=O)c1. The summed E-state index contributed by atoms with van der Waals surface area (Å²) in [6.45, 7) is 0.583. The van der Waals surface area contributed by atoms with Gasteiger partial charge in [-0.15, -0.1) is 0 Å². The van der Waals surface area contributed by atoms with Gasteiger partial charge in [0.15, 0.2) is 0 Å². The lowest BCUT2D eigenvalue weighted by Crippen LogP contribution is -2.29. The normalized spacial score (nSPS) is 13.8. The largest absolute Gasteiger partial charge is 0.497 e. The van der Waals surface area contributed by atoms with E-state index < -0.39 is 0 Å². The number of methoxy groups -OCH3 is 1. The first kappa shape index (κ1) is 21.9. The molecule has 0 radical (unpaired) electrons. The van der Waals surface area contributed by atoms with Gasteiger partial charge in [0.25, 0.3) is 0 Å². The van der Waals surface area contributed by atoms with Crippen LogP contribution in [0.2, 0.25) is 0 Å². The van der Waals surface area contributed by atoms with Crippen LogP contribution in [0.25, 0.3) is 0 Å². The van der Waals surface area contributed by atoms with E-state index >= 15 is 0 Å². The highest BCUT2D eigenvalue weighted by molar-refractivity contribution is 6.01. The summed E-state index contributed by atoms with van der Waals surface area (Å²) in [7, 11) is 1.61. The molecule has 28 heavy (non-hydrogen) atoms. The van der Waals surface area contributed by atoms with E-state index in [0.29, 0.717) is 25.8 Å². The van der Waals surface area contributed by atoms with Gasteiger partial charge >= 0.3 is 0 Å². The second-order valence-electron chi connectivity index (χ2n) is 7.30. The molecule has 1 N–H and O–H groups in total. The zero-order valence-electron chi connectivity index (χ0n) is 16.9. The summed E-state index contributed by atoms with van der Waals surface area (Å²) in [5.74, 6) is 0.747. The standard InChI is InChI=1S/C22H32N2O4/c1-28-19-12-10-11-18(17-19)23-20(25)13-8-6-4-2-3-5-7-9-16-24-21(26)14-15-22(24)27/h10-12,17H,2-9,13-16H2,1H3,(H,23,25). The van der Waals surface area contributed by atoms with Crippen molar-refractivity contribution in [3.05, 3.63) is 24.3 Å². The van der Waals surface area contributed by atoms with Gasteiger partial charge in [-0.05, 0) is 25.0 Å². The molecule has 6 heteroatoms. The quantitative estimate of drug-likeness (QED) is 0.404. The minimum Gasteiger partial charge on any atom is -0.497 e. The van der Waals surface area contributed by atoms with Crippen LogP contribution < -0.4 is 10.1 Å². The Morgan fingerprint density at radius 1 is 0.964 bits per heavy atom. The van der Waals surface area contributed by atoms with Crippen molar-refractivity contribution in [2.45, 2.75) is 70.6 Å². The van der Waals surface area contributed by atoms with Crippen molar-refractivity contribution in [2.24, 2.45) is 0 Å². The van der Waals surface area contributed by atoms with Crippen molar-refractivity contribution >= 4 is 23.4 Å². The van der Waals surface area contributed by atoms with Gasteiger partial charge in [0, 0.05) is 37.6 Å². The molecule has 0 bridgehead atoms. The first-order valence-electron chi connectivity index (χ1n) is 10.4.